The maximum Gasteiger partial charge on any atom is 0.322 e. The number of nitrogens with one attached hydrogen (secondary N) is 2. The Balaban J connectivity index is 1.51. The van der Waals surface area contributed by atoms with E-state index in [0.717, 1.165) is 39.3 Å². The third kappa shape index (κ3) is 7.22. The second-order valence-corrected chi connectivity index (χ2v) is 10.1. The van der Waals surface area contributed by atoms with E-state index in [4.69, 9.17) is 0 Å². The molecule has 0 radical (unpaired) electrons. The number of amides is 3. The number of hydrogen-bond acceptors (Lipinski definition) is 2. The van der Waals surface area contributed by atoms with E-state index in [9.17, 15) is 14.0 Å². The smallest absolute Gasteiger partial charge is 0.322 e. The third-order valence-electron chi connectivity index (χ3n) is 6.48. The number of anilines is 1. The summed E-state index contributed by atoms with van der Waals surface area (Å²) in [6.45, 7) is 3.25. The molecule has 0 spiro atoms. The molecule has 6 nitrogen and oxygen atoms in total. The summed E-state index contributed by atoms with van der Waals surface area (Å²) in [4.78, 5) is 33.4. The fourth-order valence-electron chi connectivity index (χ4n) is 4.32. The maximum absolute atomic E-state index is 13.6. The van der Waals surface area contributed by atoms with Crippen molar-refractivity contribution >= 4 is 44.5 Å². The van der Waals surface area contributed by atoms with Crippen LogP contribution >= 0.6 is 15.9 Å². The second-order valence-electron chi connectivity index (χ2n) is 9.24. The first-order valence-electron chi connectivity index (χ1n) is 12.8. The van der Waals surface area contributed by atoms with E-state index < -0.39 is 0 Å². The largest absolute Gasteiger partial charge is 0.361 e. The van der Waals surface area contributed by atoms with Gasteiger partial charge in [0.15, 0.2) is 0 Å². The summed E-state index contributed by atoms with van der Waals surface area (Å²) >= 11 is 3.46. The first-order chi connectivity index (χ1) is 18.4. The Bertz CT molecular complexity index is 1370. The van der Waals surface area contributed by atoms with Crippen LogP contribution in [0.1, 0.15) is 30.9 Å². The normalized spacial score (nSPS) is 10.9. The van der Waals surface area contributed by atoms with Crippen LogP contribution in [0.15, 0.2) is 83.5 Å². The van der Waals surface area contributed by atoms with Crippen LogP contribution < -0.4 is 5.32 Å². The van der Waals surface area contributed by atoms with Crippen LogP contribution in [0.25, 0.3) is 10.9 Å². The standard InChI is InChI=1S/C30H32BrFN4O2/c1-2-3-17-36(30(38)34-28-11-7-5-9-26(28)31)21-29(37)35(20-22-12-14-24(32)15-13-22)18-16-23-19-33-27-10-6-4-8-25(23)27/h4-15,19,33H,2-3,16-18,20-21H2,1H3,(H,34,38). The summed E-state index contributed by atoms with van der Waals surface area (Å²) in [6, 6.07) is 21.3. The molecule has 8 heteroatoms. The molecular weight excluding hydrogens is 547 g/mol. The van der Waals surface area contributed by atoms with Crippen molar-refractivity contribution in [3.63, 3.8) is 0 Å². The number of urea groups is 1. The molecule has 0 aliphatic rings. The molecule has 3 aromatic carbocycles. The number of aromatic nitrogens is 1. The molecular formula is C30H32BrFN4O2. The van der Waals surface area contributed by atoms with E-state index in [-0.39, 0.29) is 24.3 Å². The molecule has 4 aromatic rings. The lowest BCUT2D eigenvalue weighted by molar-refractivity contribution is -0.132. The molecule has 0 saturated carbocycles. The van der Waals surface area contributed by atoms with Crippen molar-refractivity contribution in [3.05, 3.63) is 100 Å². The molecule has 0 aliphatic heterocycles. The molecule has 0 fully saturated rings. The highest BCUT2D eigenvalue weighted by Gasteiger charge is 2.22. The Morgan fingerprint density at radius 2 is 1.68 bits per heavy atom. The average molecular weight is 580 g/mol. The van der Waals surface area contributed by atoms with Crippen LogP contribution in [0.4, 0.5) is 14.9 Å². The minimum Gasteiger partial charge on any atom is -0.361 e. The van der Waals surface area contributed by atoms with Crippen molar-refractivity contribution in [3.8, 4) is 0 Å². The van der Waals surface area contributed by atoms with Gasteiger partial charge >= 0.3 is 6.03 Å². The van der Waals surface area contributed by atoms with E-state index in [2.05, 4.69) is 32.3 Å². The zero-order valence-electron chi connectivity index (χ0n) is 21.4. The summed E-state index contributed by atoms with van der Waals surface area (Å²) in [7, 11) is 0. The number of rotatable bonds is 11. The minimum atomic E-state index is -0.322. The number of H-pyrrole nitrogens is 1. The van der Waals surface area contributed by atoms with Crippen molar-refractivity contribution in [2.75, 3.05) is 25.0 Å². The fourth-order valence-corrected chi connectivity index (χ4v) is 4.70. The number of carbonyl (C=O) groups excluding carboxylic acids is 2. The highest BCUT2D eigenvalue weighted by molar-refractivity contribution is 9.10. The monoisotopic (exact) mass is 578 g/mol. The van der Waals surface area contributed by atoms with Crippen molar-refractivity contribution in [1.29, 1.82) is 0 Å². The molecule has 0 aliphatic carbocycles. The summed E-state index contributed by atoms with van der Waals surface area (Å²) in [5, 5.41) is 4.04. The van der Waals surface area contributed by atoms with Crippen LogP contribution in [0, 0.1) is 5.82 Å². The summed E-state index contributed by atoms with van der Waals surface area (Å²) < 4.78 is 14.3. The SMILES string of the molecule is CCCCN(CC(=O)N(CCc1c[nH]c2ccccc12)Cc1ccc(F)cc1)C(=O)Nc1ccccc1Br. The van der Waals surface area contributed by atoms with Crippen LogP contribution in [-0.4, -0.2) is 46.4 Å². The first-order valence-corrected chi connectivity index (χ1v) is 13.6. The Morgan fingerprint density at radius 1 is 0.947 bits per heavy atom. The van der Waals surface area contributed by atoms with E-state index in [1.807, 2.05) is 55.6 Å². The number of halogens is 2. The number of para-hydroxylation sites is 2. The molecule has 0 atom stereocenters. The van der Waals surface area contributed by atoms with Crippen molar-refractivity contribution in [2.24, 2.45) is 0 Å². The van der Waals surface area contributed by atoms with Crippen molar-refractivity contribution in [2.45, 2.75) is 32.7 Å². The van der Waals surface area contributed by atoms with Gasteiger partial charge in [-0.25, -0.2) is 9.18 Å². The fraction of sp³-hybridized carbons (Fsp3) is 0.267. The van der Waals surface area contributed by atoms with Gasteiger partial charge in [-0.05, 0) is 70.2 Å². The topological polar surface area (TPSA) is 68.4 Å². The molecule has 0 bridgehead atoms. The minimum absolute atomic E-state index is 0.0502. The number of aromatic amines is 1. The van der Waals surface area contributed by atoms with Gasteiger partial charge in [-0.3, -0.25) is 4.79 Å². The summed E-state index contributed by atoms with van der Waals surface area (Å²) in [5.74, 6) is -0.479. The van der Waals surface area contributed by atoms with Gasteiger partial charge < -0.3 is 20.1 Å². The maximum atomic E-state index is 13.6. The molecule has 1 heterocycles. The summed E-state index contributed by atoms with van der Waals surface area (Å²) in [6.07, 6.45) is 4.30. The van der Waals surface area contributed by atoms with Crippen LogP contribution in [-0.2, 0) is 17.8 Å². The predicted molar refractivity (Wildman–Crippen MR) is 153 cm³/mol. The molecule has 0 unspecified atom stereocenters. The Kier molecular flexibility index (Phi) is 9.54. The highest BCUT2D eigenvalue weighted by atomic mass is 79.9. The van der Waals surface area contributed by atoms with Crippen molar-refractivity contribution in [1.82, 2.24) is 14.8 Å². The van der Waals surface area contributed by atoms with Gasteiger partial charge in [-0.15, -0.1) is 0 Å². The van der Waals surface area contributed by atoms with Gasteiger partial charge in [0.1, 0.15) is 12.4 Å². The number of fused-ring (bicyclic) bond motifs is 1. The molecule has 2 N–H and O–H groups in total. The van der Waals surface area contributed by atoms with Gasteiger partial charge in [0.25, 0.3) is 0 Å². The lowest BCUT2D eigenvalue weighted by Gasteiger charge is -2.28. The van der Waals surface area contributed by atoms with Gasteiger partial charge in [-0.2, -0.15) is 0 Å². The first kappa shape index (κ1) is 27.4. The van der Waals surface area contributed by atoms with Gasteiger partial charge in [0, 0.05) is 41.2 Å². The number of unbranched alkanes of at least 4 members (excludes halogenated alkanes) is 1. The molecule has 198 valence electrons. The molecule has 3 amide bonds. The number of carbonyl (C=O) groups is 2. The molecule has 38 heavy (non-hydrogen) atoms. The van der Waals surface area contributed by atoms with E-state index in [1.165, 1.54) is 12.1 Å². The van der Waals surface area contributed by atoms with Gasteiger partial charge in [-0.1, -0.05) is 55.8 Å². The third-order valence-corrected chi connectivity index (χ3v) is 7.17. The van der Waals surface area contributed by atoms with Crippen molar-refractivity contribution < 1.29 is 14.0 Å². The van der Waals surface area contributed by atoms with Crippen LogP contribution in [0.5, 0.6) is 0 Å². The number of benzene rings is 3. The zero-order chi connectivity index (χ0) is 26.9. The molecule has 4 rings (SSSR count). The quantitative estimate of drug-likeness (QED) is 0.202. The Morgan fingerprint density at radius 3 is 2.45 bits per heavy atom. The molecule has 0 saturated heterocycles. The predicted octanol–water partition coefficient (Wildman–Crippen LogP) is 6.98. The Labute approximate surface area is 231 Å². The number of hydrogen-bond donors (Lipinski definition) is 2. The van der Waals surface area contributed by atoms with E-state index >= 15 is 0 Å². The van der Waals surface area contributed by atoms with Crippen LogP contribution in [0.2, 0.25) is 0 Å². The summed E-state index contributed by atoms with van der Waals surface area (Å²) in [5.41, 5.74) is 3.64. The zero-order valence-corrected chi connectivity index (χ0v) is 23.0. The van der Waals surface area contributed by atoms with E-state index in [1.54, 1.807) is 21.9 Å². The van der Waals surface area contributed by atoms with Gasteiger partial charge in [0.2, 0.25) is 5.91 Å². The highest BCUT2D eigenvalue weighted by Crippen LogP contribution is 2.22. The molecule has 1 aromatic heterocycles. The lowest BCUT2D eigenvalue weighted by Crippen LogP contribution is -2.45. The van der Waals surface area contributed by atoms with E-state index in [0.29, 0.717) is 31.7 Å². The van der Waals surface area contributed by atoms with Gasteiger partial charge in [0.05, 0.1) is 5.69 Å². The van der Waals surface area contributed by atoms with Crippen LogP contribution in [0.3, 0.4) is 0 Å². The average Bonchev–Trinajstić information content (AvgIpc) is 3.34. The lowest BCUT2D eigenvalue weighted by atomic mass is 10.1. The second kappa shape index (κ2) is 13.2. The Hall–Kier alpha value is -3.65. The number of nitrogens with zero attached hydrogens (tertiary/aromatic N) is 2.